The molecular weight excluding hydrogens is 232 g/mol. The van der Waals surface area contributed by atoms with Crippen LogP contribution in [-0.4, -0.2) is 43.4 Å². The van der Waals surface area contributed by atoms with Crippen LogP contribution >= 0.6 is 11.6 Å². The second-order valence-corrected chi connectivity index (χ2v) is 3.31. The molecule has 0 bridgehead atoms. The zero-order chi connectivity index (χ0) is 11.8. The van der Waals surface area contributed by atoms with Crippen molar-refractivity contribution in [2.75, 3.05) is 44.5 Å². The lowest BCUT2D eigenvalue weighted by molar-refractivity contribution is 0.0759. The summed E-state index contributed by atoms with van der Waals surface area (Å²) in [7, 11) is 1.63. The summed E-state index contributed by atoms with van der Waals surface area (Å²) in [5, 5.41) is 3.17. The van der Waals surface area contributed by atoms with E-state index in [1.807, 2.05) is 0 Å². The Morgan fingerprint density at radius 2 is 2.25 bits per heavy atom. The molecule has 0 saturated heterocycles. The largest absolute Gasteiger partial charge is 0.394 e. The highest BCUT2D eigenvalue weighted by atomic mass is 35.5. The molecule has 0 fully saturated rings. The minimum Gasteiger partial charge on any atom is -0.394 e. The van der Waals surface area contributed by atoms with Gasteiger partial charge in [0.15, 0.2) is 5.82 Å². The molecule has 90 valence electrons. The summed E-state index contributed by atoms with van der Waals surface area (Å²) in [6, 6.07) is 0. The van der Waals surface area contributed by atoms with Gasteiger partial charge in [0.1, 0.15) is 0 Å². The van der Waals surface area contributed by atoms with E-state index in [0.29, 0.717) is 37.9 Å². The number of nitrogen functional groups attached to an aromatic ring is 1. The molecule has 1 rings (SSSR count). The maximum atomic E-state index is 5.64. The maximum absolute atomic E-state index is 5.64. The van der Waals surface area contributed by atoms with Gasteiger partial charge in [0.2, 0.25) is 5.28 Å². The van der Waals surface area contributed by atoms with Gasteiger partial charge < -0.3 is 20.5 Å². The normalized spacial score (nSPS) is 10.4. The van der Waals surface area contributed by atoms with Gasteiger partial charge >= 0.3 is 0 Å². The molecular formula is C9H15ClN4O2. The summed E-state index contributed by atoms with van der Waals surface area (Å²) >= 11 is 5.63. The molecule has 1 heterocycles. The molecule has 0 amide bonds. The van der Waals surface area contributed by atoms with Crippen molar-refractivity contribution in [2.24, 2.45) is 0 Å². The number of rotatable bonds is 7. The van der Waals surface area contributed by atoms with E-state index in [9.17, 15) is 0 Å². The van der Waals surface area contributed by atoms with Crippen molar-refractivity contribution >= 4 is 23.1 Å². The van der Waals surface area contributed by atoms with Crippen molar-refractivity contribution in [3.63, 3.8) is 0 Å². The van der Waals surface area contributed by atoms with Crippen molar-refractivity contribution in [1.29, 1.82) is 0 Å². The number of hydrogen-bond donors (Lipinski definition) is 2. The number of halogens is 1. The van der Waals surface area contributed by atoms with Gasteiger partial charge in [-0.05, 0) is 11.6 Å². The third kappa shape index (κ3) is 4.61. The fourth-order valence-corrected chi connectivity index (χ4v) is 1.13. The van der Waals surface area contributed by atoms with Crippen molar-refractivity contribution in [1.82, 2.24) is 9.97 Å². The average molecular weight is 247 g/mol. The number of hydrogen-bond acceptors (Lipinski definition) is 6. The van der Waals surface area contributed by atoms with Crippen LogP contribution in [0.4, 0.5) is 11.5 Å². The molecule has 0 aliphatic rings. The Morgan fingerprint density at radius 1 is 1.44 bits per heavy atom. The van der Waals surface area contributed by atoms with Gasteiger partial charge in [0, 0.05) is 13.7 Å². The number of methoxy groups -OCH3 is 1. The van der Waals surface area contributed by atoms with Gasteiger partial charge in [-0.2, -0.15) is 4.98 Å². The smallest absolute Gasteiger partial charge is 0.224 e. The third-order valence-corrected chi connectivity index (χ3v) is 1.94. The van der Waals surface area contributed by atoms with E-state index < -0.39 is 0 Å². The van der Waals surface area contributed by atoms with E-state index in [0.717, 1.165) is 0 Å². The van der Waals surface area contributed by atoms with Gasteiger partial charge in [-0.15, -0.1) is 0 Å². The van der Waals surface area contributed by atoms with Crippen LogP contribution in [0.5, 0.6) is 0 Å². The first-order chi connectivity index (χ1) is 7.74. The van der Waals surface area contributed by atoms with Crippen molar-refractivity contribution < 1.29 is 9.47 Å². The van der Waals surface area contributed by atoms with Gasteiger partial charge in [0.25, 0.3) is 0 Å². The fourth-order valence-electron chi connectivity index (χ4n) is 0.997. The first kappa shape index (κ1) is 13.0. The number of anilines is 2. The van der Waals surface area contributed by atoms with Crippen LogP contribution in [0.15, 0.2) is 6.20 Å². The van der Waals surface area contributed by atoms with Crippen LogP contribution in [0.2, 0.25) is 5.28 Å². The molecule has 0 atom stereocenters. The average Bonchev–Trinajstić information content (AvgIpc) is 2.28. The lowest BCUT2D eigenvalue weighted by Crippen LogP contribution is -2.14. The Morgan fingerprint density at radius 3 is 3.00 bits per heavy atom. The Balaban J connectivity index is 2.23. The minimum atomic E-state index is 0.164. The molecule has 6 nitrogen and oxygen atoms in total. The van der Waals surface area contributed by atoms with Crippen LogP contribution in [0.3, 0.4) is 0 Å². The molecule has 0 aromatic carbocycles. The van der Waals surface area contributed by atoms with Crippen molar-refractivity contribution in [3.05, 3.63) is 11.5 Å². The third-order valence-electron chi connectivity index (χ3n) is 1.76. The predicted octanol–water partition coefficient (Wildman–Crippen LogP) is 0.787. The van der Waals surface area contributed by atoms with Crippen LogP contribution in [0.1, 0.15) is 0 Å². The highest BCUT2D eigenvalue weighted by Gasteiger charge is 2.01. The molecule has 0 aliphatic heterocycles. The van der Waals surface area contributed by atoms with E-state index >= 15 is 0 Å². The fraction of sp³-hybridized carbons (Fsp3) is 0.556. The molecule has 3 N–H and O–H groups in total. The summed E-state index contributed by atoms with van der Waals surface area (Å²) in [5.41, 5.74) is 6.10. The summed E-state index contributed by atoms with van der Waals surface area (Å²) in [6.45, 7) is 2.30. The molecule has 0 spiro atoms. The number of nitrogens with zero attached hydrogens (tertiary/aromatic N) is 2. The predicted molar refractivity (Wildman–Crippen MR) is 62.6 cm³/mol. The maximum Gasteiger partial charge on any atom is 0.224 e. The lowest BCUT2D eigenvalue weighted by atomic mass is 10.5. The Labute approximate surface area is 99.1 Å². The molecule has 16 heavy (non-hydrogen) atoms. The molecule has 0 radical (unpaired) electrons. The molecule has 1 aromatic rings. The van der Waals surface area contributed by atoms with E-state index in [-0.39, 0.29) is 5.28 Å². The van der Waals surface area contributed by atoms with E-state index in [4.69, 9.17) is 26.8 Å². The summed E-state index contributed by atoms with van der Waals surface area (Å²) in [6.07, 6.45) is 1.46. The van der Waals surface area contributed by atoms with E-state index in [1.54, 1.807) is 7.11 Å². The number of ether oxygens (including phenoxy) is 2. The highest BCUT2D eigenvalue weighted by Crippen LogP contribution is 2.14. The van der Waals surface area contributed by atoms with Crippen LogP contribution < -0.4 is 11.1 Å². The zero-order valence-corrected chi connectivity index (χ0v) is 9.83. The van der Waals surface area contributed by atoms with E-state index in [2.05, 4.69) is 15.3 Å². The molecule has 0 aliphatic carbocycles. The minimum absolute atomic E-state index is 0.164. The summed E-state index contributed by atoms with van der Waals surface area (Å²) < 4.78 is 10.1. The van der Waals surface area contributed by atoms with Crippen LogP contribution in [-0.2, 0) is 9.47 Å². The Bertz CT molecular complexity index is 324. The van der Waals surface area contributed by atoms with Gasteiger partial charge in [-0.1, -0.05) is 0 Å². The van der Waals surface area contributed by atoms with Gasteiger partial charge in [-0.25, -0.2) is 4.98 Å². The summed E-state index contributed by atoms with van der Waals surface area (Å²) in [5.74, 6) is 0.523. The first-order valence-electron chi connectivity index (χ1n) is 4.82. The molecule has 0 unspecified atom stereocenters. The van der Waals surface area contributed by atoms with Crippen molar-refractivity contribution in [3.8, 4) is 0 Å². The monoisotopic (exact) mass is 246 g/mol. The first-order valence-corrected chi connectivity index (χ1v) is 5.20. The Kier molecular flexibility index (Phi) is 5.84. The topological polar surface area (TPSA) is 82.3 Å². The second kappa shape index (κ2) is 7.21. The van der Waals surface area contributed by atoms with Gasteiger partial charge in [0.05, 0.1) is 31.7 Å². The Hall–Kier alpha value is -1.11. The van der Waals surface area contributed by atoms with Gasteiger partial charge in [-0.3, -0.25) is 0 Å². The highest BCUT2D eigenvalue weighted by molar-refractivity contribution is 6.28. The molecule has 1 aromatic heterocycles. The molecule has 0 saturated carbocycles. The summed E-state index contributed by atoms with van der Waals surface area (Å²) in [4.78, 5) is 7.69. The standard InChI is InChI=1S/C9H15ClN4O2/c1-15-4-5-16-3-2-12-8-7(11)6-13-9(10)14-8/h6H,2-5,11H2,1H3,(H,12,13,14). The second-order valence-electron chi connectivity index (χ2n) is 2.97. The SMILES string of the molecule is COCCOCCNc1nc(Cl)ncc1N. The molecule has 7 heteroatoms. The van der Waals surface area contributed by atoms with Crippen LogP contribution in [0.25, 0.3) is 0 Å². The number of nitrogens with two attached hydrogens (primary N) is 1. The van der Waals surface area contributed by atoms with Crippen molar-refractivity contribution in [2.45, 2.75) is 0 Å². The quantitative estimate of drug-likeness (QED) is 0.547. The lowest BCUT2D eigenvalue weighted by Gasteiger charge is -2.08. The number of aromatic nitrogens is 2. The number of nitrogens with one attached hydrogen (secondary N) is 1. The van der Waals surface area contributed by atoms with Crippen LogP contribution in [0, 0.1) is 0 Å². The van der Waals surface area contributed by atoms with E-state index in [1.165, 1.54) is 6.20 Å². The zero-order valence-electron chi connectivity index (χ0n) is 9.07.